The number of nitrogens with one attached hydrogen (secondary N) is 2. The number of rotatable bonds is 4. The van der Waals surface area contributed by atoms with Crippen LogP contribution >= 0.6 is 23.4 Å². The Kier molecular flexibility index (Phi) is 5.90. The number of hydrogen-bond acceptors (Lipinski definition) is 5. The maximum atomic E-state index is 13.4. The molecule has 0 radical (unpaired) electrons. The largest absolute Gasteiger partial charge is 0.343 e. The molecule has 0 spiro atoms. The fourth-order valence-corrected chi connectivity index (χ4v) is 5.96. The number of aryl methyl sites for hydroxylation is 1. The summed E-state index contributed by atoms with van der Waals surface area (Å²) in [4.78, 5) is 34.5. The maximum Gasteiger partial charge on any atom is 0.257 e. The van der Waals surface area contributed by atoms with Crippen molar-refractivity contribution >= 4 is 35.0 Å². The van der Waals surface area contributed by atoms with Crippen molar-refractivity contribution < 1.29 is 4.79 Å². The minimum absolute atomic E-state index is 0.0894. The van der Waals surface area contributed by atoms with Crippen LogP contribution in [-0.2, 0) is 10.5 Å². The summed E-state index contributed by atoms with van der Waals surface area (Å²) in [6, 6.07) is 15.7. The molecule has 0 saturated heterocycles. The predicted octanol–water partition coefficient (Wildman–Crippen LogP) is 6.22. The second-order valence-corrected chi connectivity index (χ2v) is 11.2. The van der Waals surface area contributed by atoms with Crippen LogP contribution in [0.3, 0.4) is 0 Å². The summed E-state index contributed by atoms with van der Waals surface area (Å²) in [6.07, 6.45) is 1.19. The zero-order valence-electron chi connectivity index (χ0n) is 19.4. The first kappa shape index (κ1) is 22.9. The number of anilines is 1. The van der Waals surface area contributed by atoms with E-state index in [1.165, 1.54) is 11.8 Å². The van der Waals surface area contributed by atoms with Gasteiger partial charge in [-0.2, -0.15) is 0 Å². The second-order valence-electron chi connectivity index (χ2n) is 9.82. The lowest BCUT2D eigenvalue weighted by atomic mass is 9.69. The SMILES string of the molecule is Cc1ccc(C2C3=C(CC(C)(C)CC3=O)Nc3nc(SCc4ccccc4Cl)[nH]c(=O)c32)cc1. The third-order valence-electron chi connectivity index (χ3n) is 6.43. The highest BCUT2D eigenvalue weighted by Gasteiger charge is 2.42. The van der Waals surface area contributed by atoms with Crippen molar-refractivity contribution in [3.8, 4) is 0 Å². The van der Waals surface area contributed by atoms with E-state index in [2.05, 4.69) is 24.1 Å². The monoisotopic (exact) mass is 491 g/mol. The molecule has 0 amide bonds. The number of allylic oxidation sites excluding steroid dienone is 2. The number of hydrogen-bond donors (Lipinski definition) is 2. The molecule has 2 N–H and O–H groups in total. The van der Waals surface area contributed by atoms with E-state index in [0.29, 0.717) is 39.3 Å². The third kappa shape index (κ3) is 4.32. The van der Waals surface area contributed by atoms with Gasteiger partial charge in [0.2, 0.25) is 0 Å². The van der Waals surface area contributed by atoms with Gasteiger partial charge in [-0.1, -0.05) is 85.2 Å². The van der Waals surface area contributed by atoms with Gasteiger partial charge in [-0.05, 0) is 36.0 Å². The average Bonchev–Trinajstić information content (AvgIpc) is 2.77. The van der Waals surface area contributed by atoms with Crippen molar-refractivity contribution in [2.45, 2.75) is 50.4 Å². The Hall–Kier alpha value is -2.83. The molecular weight excluding hydrogens is 466 g/mol. The van der Waals surface area contributed by atoms with E-state index in [1.54, 1.807) is 0 Å². The molecule has 1 aliphatic carbocycles. The van der Waals surface area contributed by atoms with E-state index < -0.39 is 5.92 Å². The number of carbonyl (C=O) groups is 1. The lowest BCUT2D eigenvalue weighted by Crippen LogP contribution is -2.37. The molecule has 3 aromatic rings. The van der Waals surface area contributed by atoms with Gasteiger partial charge in [0, 0.05) is 34.4 Å². The Balaban J connectivity index is 1.59. The first-order valence-corrected chi connectivity index (χ1v) is 12.7. The molecular formula is C27H26ClN3O2S. The number of benzene rings is 2. The van der Waals surface area contributed by atoms with Crippen molar-refractivity contribution in [3.63, 3.8) is 0 Å². The molecule has 2 aromatic carbocycles. The molecule has 174 valence electrons. The highest BCUT2D eigenvalue weighted by Crippen LogP contribution is 2.47. The summed E-state index contributed by atoms with van der Waals surface area (Å²) in [5, 5.41) is 4.58. The van der Waals surface area contributed by atoms with Gasteiger partial charge < -0.3 is 10.3 Å². The van der Waals surface area contributed by atoms with Crippen LogP contribution in [0.2, 0.25) is 5.02 Å². The van der Waals surface area contributed by atoms with Gasteiger partial charge in [0.15, 0.2) is 10.9 Å². The number of carbonyl (C=O) groups excluding carboxylic acids is 1. The molecule has 34 heavy (non-hydrogen) atoms. The first-order valence-electron chi connectivity index (χ1n) is 11.3. The van der Waals surface area contributed by atoms with Crippen LogP contribution in [-0.4, -0.2) is 15.8 Å². The molecule has 1 aliphatic heterocycles. The van der Waals surface area contributed by atoms with Crippen LogP contribution in [0.15, 0.2) is 69.8 Å². The number of aromatic nitrogens is 2. The fraction of sp³-hybridized carbons (Fsp3) is 0.296. The lowest BCUT2D eigenvalue weighted by molar-refractivity contribution is -0.118. The maximum absolute atomic E-state index is 13.4. The fourth-order valence-electron chi connectivity index (χ4n) is 4.82. The topological polar surface area (TPSA) is 74.8 Å². The standard InChI is InChI=1S/C27H26ClN3O2S/c1-15-8-10-16(11-9-15)21-22-19(12-27(2,3)13-20(22)32)29-24-23(21)25(33)31-26(30-24)34-14-17-6-4-5-7-18(17)28/h4-11,21H,12-14H2,1-3H3,(H2,29,30,31,33). The van der Waals surface area contributed by atoms with Crippen LogP contribution in [0.4, 0.5) is 5.82 Å². The molecule has 1 unspecified atom stereocenters. The van der Waals surface area contributed by atoms with Gasteiger partial charge in [0.25, 0.3) is 5.56 Å². The van der Waals surface area contributed by atoms with E-state index in [9.17, 15) is 9.59 Å². The Labute approximate surface area is 208 Å². The van der Waals surface area contributed by atoms with E-state index in [0.717, 1.165) is 28.8 Å². The van der Waals surface area contributed by atoms with Crippen molar-refractivity contribution in [3.05, 3.63) is 97.4 Å². The van der Waals surface area contributed by atoms with Gasteiger partial charge in [-0.25, -0.2) is 4.98 Å². The summed E-state index contributed by atoms with van der Waals surface area (Å²) in [5.41, 5.74) is 4.72. The highest BCUT2D eigenvalue weighted by molar-refractivity contribution is 7.98. The van der Waals surface area contributed by atoms with E-state index in [4.69, 9.17) is 16.6 Å². The normalized spacial score (nSPS) is 18.8. The van der Waals surface area contributed by atoms with Gasteiger partial charge in [-0.15, -0.1) is 0 Å². The molecule has 5 nitrogen and oxygen atoms in total. The number of H-pyrrole nitrogens is 1. The van der Waals surface area contributed by atoms with Crippen molar-refractivity contribution in [1.29, 1.82) is 0 Å². The number of ketones is 1. The van der Waals surface area contributed by atoms with Gasteiger partial charge >= 0.3 is 0 Å². The average molecular weight is 492 g/mol. The zero-order chi connectivity index (χ0) is 24.0. The molecule has 0 fully saturated rings. The molecule has 1 atom stereocenters. The molecule has 5 rings (SSSR count). The van der Waals surface area contributed by atoms with E-state index >= 15 is 0 Å². The van der Waals surface area contributed by atoms with Crippen molar-refractivity contribution in [2.24, 2.45) is 5.41 Å². The van der Waals surface area contributed by atoms with Crippen LogP contribution in [0.5, 0.6) is 0 Å². The molecule has 0 saturated carbocycles. The Morgan fingerprint density at radius 1 is 1.09 bits per heavy atom. The number of Topliss-reactive ketones (excluding diaryl/α,β-unsaturated/α-hetero) is 1. The van der Waals surface area contributed by atoms with E-state index in [1.807, 2.05) is 55.5 Å². The summed E-state index contributed by atoms with van der Waals surface area (Å²) >= 11 is 7.73. The van der Waals surface area contributed by atoms with Gasteiger partial charge in [-0.3, -0.25) is 9.59 Å². The molecule has 2 aliphatic rings. The molecule has 2 heterocycles. The smallest absolute Gasteiger partial charge is 0.257 e. The van der Waals surface area contributed by atoms with Gasteiger partial charge in [0.1, 0.15) is 5.82 Å². The molecule has 1 aromatic heterocycles. The number of thioether (sulfide) groups is 1. The number of halogens is 1. The highest BCUT2D eigenvalue weighted by atomic mass is 35.5. The number of aromatic amines is 1. The van der Waals surface area contributed by atoms with Crippen LogP contribution in [0, 0.1) is 12.3 Å². The Morgan fingerprint density at radius 3 is 2.56 bits per heavy atom. The van der Waals surface area contributed by atoms with Crippen LogP contribution in [0.1, 0.15) is 54.9 Å². The van der Waals surface area contributed by atoms with Crippen molar-refractivity contribution in [1.82, 2.24) is 9.97 Å². The number of fused-ring (bicyclic) bond motifs is 1. The van der Waals surface area contributed by atoms with Gasteiger partial charge in [0.05, 0.1) is 5.56 Å². The minimum Gasteiger partial charge on any atom is -0.343 e. The number of nitrogens with zero attached hydrogens (tertiary/aromatic N) is 1. The predicted molar refractivity (Wildman–Crippen MR) is 138 cm³/mol. The third-order valence-corrected chi connectivity index (χ3v) is 7.72. The molecule has 0 bridgehead atoms. The second kappa shape index (κ2) is 8.75. The summed E-state index contributed by atoms with van der Waals surface area (Å²) < 4.78 is 0. The Morgan fingerprint density at radius 2 is 1.82 bits per heavy atom. The Bertz CT molecular complexity index is 1380. The summed E-state index contributed by atoms with van der Waals surface area (Å²) in [6.45, 7) is 6.22. The van der Waals surface area contributed by atoms with Crippen LogP contribution < -0.4 is 10.9 Å². The quantitative estimate of drug-likeness (QED) is 0.334. The summed E-state index contributed by atoms with van der Waals surface area (Å²) in [5.74, 6) is 0.767. The zero-order valence-corrected chi connectivity index (χ0v) is 20.9. The van der Waals surface area contributed by atoms with Crippen molar-refractivity contribution in [2.75, 3.05) is 5.32 Å². The van der Waals surface area contributed by atoms with Crippen LogP contribution in [0.25, 0.3) is 0 Å². The first-order chi connectivity index (χ1) is 16.2. The summed E-state index contributed by atoms with van der Waals surface area (Å²) in [7, 11) is 0. The lowest BCUT2D eigenvalue weighted by Gasteiger charge is -2.38. The molecule has 7 heteroatoms. The minimum atomic E-state index is -0.436. The van der Waals surface area contributed by atoms with E-state index in [-0.39, 0.29) is 16.8 Å².